The number of aliphatic carboxylic acids is 1. The van der Waals surface area contributed by atoms with Gasteiger partial charge in [0.1, 0.15) is 11.4 Å². The molecule has 0 aliphatic carbocycles. The molecule has 88 valence electrons. The van der Waals surface area contributed by atoms with Crippen LogP contribution in [0.15, 0.2) is 24.3 Å². The SMILES string of the molecule is CCC(O)(c1cccc(F)c1)C(F)C(=O)O. The lowest BCUT2D eigenvalue weighted by atomic mass is 9.86. The average molecular weight is 230 g/mol. The van der Waals surface area contributed by atoms with Crippen molar-refractivity contribution in [1.82, 2.24) is 0 Å². The zero-order valence-electron chi connectivity index (χ0n) is 8.65. The van der Waals surface area contributed by atoms with Crippen LogP contribution in [0.4, 0.5) is 8.78 Å². The van der Waals surface area contributed by atoms with E-state index in [2.05, 4.69) is 0 Å². The summed E-state index contributed by atoms with van der Waals surface area (Å²) in [5.41, 5.74) is -2.28. The molecule has 0 amide bonds. The maximum atomic E-state index is 13.4. The van der Waals surface area contributed by atoms with E-state index in [4.69, 9.17) is 5.11 Å². The van der Waals surface area contributed by atoms with Crippen LogP contribution in [0.1, 0.15) is 18.9 Å². The Morgan fingerprint density at radius 2 is 2.19 bits per heavy atom. The number of halogens is 2. The minimum atomic E-state index is -2.49. The number of benzene rings is 1. The summed E-state index contributed by atoms with van der Waals surface area (Å²) < 4.78 is 26.3. The zero-order chi connectivity index (χ0) is 12.3. The molecule has 1 aromatic rings. The molecule has 0 radical (unpaired) electrons. The zero-order valence-corrected chi connectivity index (χ0v) is 8.65. The van der Waals surface area contributed by atoms with Gasteiger partial charge in [-0.1, -0.05) is 19.1 Å². The van der Waals surface area contributed by atoms with E-state index >= 15 is 0 Å². The minimum absolute atomic E-state index is 0.0788. The van der Waals surface area contributed by atoms with Crippen LogP contribution in [-0.4, -0.2) is 22.4 Å². The van der Waals surface area contributed by atoms with Crippen molar-refractivity contribution >= 4 is 5.97 Å². The van der Waals surface area contributed by atoms with E-state index in [1.807, 2.05) is 0 Å². The molecule has 1 rings (SSSR count). The molecule has 1 aromatic carbocycles. The second-order valence-corrected chi connectivity index (χ2v) is 3.49. The Bertz CT molecular complexity index is 395. The summed E-state index contributed by atoms with van der Waals surface area (Å²) in [4.78, 5) is 10.5. The van der Waals surface area contributed by atoms with Crippen molar-refractivity contribution < 1.29 is 23.8 Å². The van der Waals surface area contributed by atoms with Gasteiger partial charge < -0.3 is 10.2 Å². The first-order valence-electron chi connectivity index (χ1n) is 4.77. The summed E-state index contributed by atoms with van der Waals surface area (Å²) >= 11 is 0. The van der Waals surface area contributed by atoms with Crippen LogP contribution < -0.4 is 0 Å². The topological polar surface area (TPSA) is 57.5 Å². The number of carbonyl (C=O) groups is 1. The first-order chi connectivity index (χ1) is 7.41. The van der Waals surface area contributed by atoms with Crippen molar-refractivity contribution in [2.45, 2.75) is 25.1 Å². The Labute approximate surface area is 91.3 Å². The van der Waals surface area contributed by atoms with E-state index in [0.29, 0.717) is 0 Å². The lowest BCUT2D eigenvalue weighted by Crippen LogP contribution is -2.41. The van der Waals surface area contributed by atoms with E-state index in [9.17, 15) is 18.7 Å². The number of carboxylic acid groups (broad SMARTS) is 1. The highest BCUT2D eigenvalue weighted by Gasteiger charge is 2.42. The van der Waals surface area contributed by atoms with Crippen LogP contribution in [0.5, 0.6) is 0 Å². The standard InChI is InChI=1S/C11H12F2O3/c1-2-11(16,9(13)10(14)15)7-4-3-5-8(12)6-7/h3-6,9,16H,2H2,1H3,(H,14,15). The molecular formula is C11H12F2O3. The fraction of sp³-hybridized carbons (Fsp3) is 0.364. The van der Waals surface area contributed by atoms with Gasteiger partial charge >= 0.3 is 5.97 Å². The van der Waals surface area contributed by atoms with Gasteiger partial charge in [0.15, 0.2) is 0 Å². The van der Waals surface area contributed by atoms with Gasteiger partial charge in [-0.2, -0.15) is 0 Å². The molecule has 16 heavy (non-hydrogen) atoms. The van der Waals surface area contributed by atoms with Crippen molar-refractivity contribution in [2.24, 2.45) is 0 Å². The molecule has 0 spiro atoms. The molecule has 5 heteroatoms. The summed E-state index contributed by atoms with van der Waals surface area (Å²) in [6, 6.07) is 4.65. The molecule has 2 N–H and O–H groups in total. The molecule has 0 aromatic heterocycles. The highest BCUT2D eigenvalue weighted by atomic mass is 19.1. The van der Waals surface area contributed by atoms with Gasteiger partial charge in [0.05, 0.1) is 0 Å². The number of hydrogen-bond acceptors (Lipinski definition) is 2. The summed E-state index contributed by atoms with van der Waals surface area (Å²) in [7, 11) is 0. The quantitative estimate of drug-likeness (QED) is 0.829. The molecule has 2 unspecified atom stereocenters. The largest absolute Gasteiger partial charge is 0.479 e. The lowest BCUT2D eigenvalue weighted by molar-refractivity contribution is -0.155. The van der Waals surface area contributed by atoms with Gasteiger partial charge in [0, 0.05) is 0 Å². The van der Waals surface area contributed by atoms with E-state index in [0.717, 1.165) is 12.1 Å². The highest BCUT2D eigenvalue weighted by molar-refractivity contribution is 5.74. The van der Waals surface area contributed by atoms with Crippen LogP contribution in [0.3, 0.4) is 0 Å². The van der Waals surface area contributed by atoms with Crippen molar-refractivity contribution in [3.05, 3.63) is 35.6 Å². The molecule has 0 aliphatic rings. The molecule has 0 fully saturated rings. The molecular weight excluding hydrogens is 218 g/mol. The van der Waals surface area contributed by atoms with Crippen molar-refractivity contribution in [3.8, 4) is 0 Å². The monoisotopic (exact) mass is 230 g/mol. The predicted octanol–water partition coefficient (Wildman–Crippen LogP) is 1.85. The first-order valence-corrected chi connectivity index (χ1v) is 4.77. The summed E-state index contributed by atoms with van der Waals surface area (Å²) in [6.45, 7) is 1.43. The second-order valence-electron chi connectivity index (χ2n) is 3.49. The Morgan fingerprint density at radius 3 is 2.62 bits per heavy atom. The van der Waals surface area contributed by atoms with Gasteiger partial charge in [-0.3, -0.25) is 0 Å². The molecule has 0 aliphatic heterocycles. The van der Waals surface area contributed by atoms with E-state index in [-0.39, 0.29) is 12.0 Å². The fourth-order valence-electron chi connectivity index (χ4n) is 1.49. The lowest BCUT2D eigenvalue weighted by Gasteiger charge is -2.28. The van der Waals surface area contributed by atoms with Crippen LogP contribution in [0, 0.1) is 5.82 Å². The van der Waals surface area contributed by atoms with E-state index in [1.54, 1.807) is 0 Å². The van der Waals surface area contributed by atoms with Crippen LogP contribution in [0.2, 0.25) is 0 Å². The molecule has 3 nitrogen and oxygen atoms in total. The van der Waals surface area contributed by atoms with E-state index in [1.165, 1.54) is 19.1 Å². The number of alkyl halides is 1. The molecule has 0 bridgehead atoms. The summed E-state index contributed by atoms with van der Waals surface area (Å²) in [5.74, 6) is -2.42. The minimum Gasteiger partial charge on any atom is -0.479 e. The number of aliphatic hydroxyl groups is 1. The Morgan fingerprint density at radius 1 is 1.56 bits per heavy atom. The average Bonchev–Trinajstić information content (AvgIpc) is 2.26. The number of carboxylic acids is 1. The number of hydrogen-bond donors (Lipinski definition) is 2. The Kier molecular flexibility index (Phi) is 3.59. The molecule has 2 atom stereocenters. The van der Waals surface area contributed by atoms with Gasteiger partial charge in [0.2, 0.25) is 6.17 Å². The van der Waals surface area contributed by atoms with Gasteiger partial charge in [-0.05, 0) is 24.1 Å². The molecule has 0 saturated carbocycles. The van der Waals surface area contributed by atoms with Crippen LogP contribution in [-0.2, 0) is 10.4 Å². The van der Waals surface area contributed by atoms with Gasteiger partial charge in [-0.25, -0.2) is 13.6 Å². The van der Waals surface area contributed by atoms with Crippen LogP contribution in [0.25, 0.3) is 0 Å². The second kappa shape index (κ2) is 4.57. The maximum absolute atomic E-state index is 13.4. The van der Waals surface area contributed by atoms with Crippen molar-refractivity contribution in [2.75, 3.05) is 0 Å². The molecule has 0 heterocycles. The Balaban J connectivity index is 3.19. The first kappa shape index (κ1) is 12.6. The number of rotatable bonds is 4. The third-order valence-electron chi connectivity index (χ3n) is 2.50. The van der Waals surface area contributed by atoms with Crippen molar-refractivity contribution in [3.63, 3.8) is 0 Å². The smallest absolute Gasteiger partial charge is 0.341 e. The summed E-state index contributed by atoms with van der Waals surface area (Å²) in [5, 5.41) is 18.5. The maximum Gasteiger partial charge on any atom is 0.341 e. The van der Waals surface area contributed by atoms with E-state index < -0.39 is 23.6 Å². The highest BCUT2D eigenvalue weighted by Crippen LogP contribution is 2.31. The normalized spacial score (nSPS) is 16.5. The fourth-order valence-corrected chi connectivity index (χ4v) is 1.49. The third kappa shape index (κ3) is 2.19. The summed E-state index contributed by atoms with van der Waals surface area (Å²) in [6.07, 6.45) is -2.65. The van der Waals surface area contributed by atoms with Crippen LogP contribution >= 0.6 is 0 Å². The predicted molar refractivity (Wildman–Crippen MR) is 53.1 cm³/mol. The molecule has 0 saturated heterocycles. The Hall–Kier alpha value is -1.49. The van der Waals surface area contributed by atoms with Gasteiger partial charge in [-0.15, -0.1) is 0 Å². The van der Waals surface area contributed by atoms with Crippen molar-refractivity contribution in [1.29, 1.82) is 0 Å². The van der Waals surface area contributed by atoms with Gasteiger partial charge in [0.25, 0.3) is 0 Å². The third-order valence-corrected chi connectivity index (χ3v) is 2.50.